The third-order valence-electron chi connectivity index (χ3n) is 2.32. The Hall–Kier alpha value is -2.16. The number of carbonyl (C=O) groups excluding carboxylic acids is 2. The predicted molar refractivity (Wildman–Crippen MR) is 72.1 cm³/mol. The molecule has 0 aliphatic carbocycles. The summed E-state index contributed by atoms with van der Waals surface area (Å²) >= 11 is 0. The number of unbranched alkanes of at least 4 members (excludes halogenated alkanes) is 2. The van der Waals surface area contributed by atoms with Crippen molar-refractivity contribution in [1.29, 1.82) is 0 Å². The van der Waals surface area contributed by atoms with Gasteiger partial charge in [0.1, 0.15) is 0 Å². The number of hydrogen-bond acceptors (Lipinski definition) is 2. The van der Waals surface area contributed by atoms with E-state index >= 15 is 0 Å². The highest BCUT2D eigenvalue weighted by Crippen LogP contribution is 1.99. The number of nitrogens with one attached hydrogen (secondary N) is 1. The lowest BCUT2D eigenvalue weighted by Crippen LogP contribution is -2.28. The number of allylic oxidation sites excluding steroid dienone is 2. The number of amides is 2. The molecular weight excluding hydrogens is 226 g/mol. The fourth-order valence-corrected chi connectivity index (χ4v) is 1.39. The molecule has 94 valence electrons. The molecule has 1 aromatic rings. The van der Waals surface area contributed by atoms with Gasteiger partial charge >= 0.3 is 0 Å². The highest BCUT2D eigenvalue weighted by molar-refractivity contribution is 6.07. The molecule has 3 heteroatoms. The van der Waals surface area contributed by atoms with E-state index in [2.05, 4.69) is 11.9 Å². The number of benzene rings is 1. The summed E-state index contributed by atoms with van der Waals surface area (Å²) in [6.45, 7) is 3.62. The van der Waals surface area contributed by atoms with Crippen molar-refractivity contribution in [3.63, 3.8) is 0 Å². The molecular formula is C15H17NO2. The van der Waals surface area contributed by atoms with Crippen LogP contribution in [-0.4, -0.2) is 11.8 Å². The van der Waals surface area contributed by atoms with Gasteiger partial charge in [-0.05, 0) is 37.5 Å². The number of carbonyl (C=O) groups is 2. The third-order valence-corrected chi connectivity index (χ3v) is 2.32. The Morgan fingerprint density at radius 1 is 1.17 bits per heavy atom. The van der Waals surface area contributed by atoms with Crippen LogP contribution < -0.4 is 5.32 Å². The third kappa shape index (κ3) is 5.25. The molecule has 0 aliphatic rings. The standard InChI is InChI=1S/C15H17NO2/c1-2-3-4-5-9-12-14(17)16-15(18)13-10-7-6-8-11-13/h2,6-12H,1,3-5H2,(H,16,17,18)/b12-9+. The number of imide groups is 1. The Kier molecular flexibility index (Phi) is 6.19. The highest BCUT2D eigenvalue weighted by Gasteiger charge is 2.06. The monoisotopic (exact) mass is 243 g/mol. The van der Waals surface area contributed by atoms with Crippen molar-refractivity contribution in [3.8, 4) is 0 Å². The molecule has 0 heterocycles. The second-order valence-electron chi connectivity index (χ2n) is 3.81. The van der Waals surface area contributed by atoms with E-state index in [1.165, 1.54) is 6.08 Å². The molecule has 0 fully saturated rings. The predicted octanol–water partition coefficient (Wildman–Crippen LogP) is 2.86. The van der Waals surface area contributed by atoms with Gasteiger partial charge in [0.15, 0.2) is 0 Å². The van der Waals surface area contributed by atoms with Crippen LogP contribution in [0.1, 0.15) is 29.6 Å². The summed E-state index contributed by atoms with van der Waals surface area (Å²) in [7, 11) is 0. The first-order chi connectivity index (χ1) is 8.74. The Balaban J connectivity index is 2.36. The maximum absolute atomic E-state index is 11.6. The normalized spacial score (nSPS) is 10.2. The summed E-state index contributed by atoms with van der Waals surface area (Å²) in [6, 6.07) is 8.65. The molecule has 1 N–H and O–H groups in total. The SMILES string of the molecule is C=CCCC/C=C/C(=O)NC(=O)c1ccccc1. The van der Waals surface area contributed by atoms with Gasteiger partial charge in [-0.3, -0.25) is 14.9 Å². The van der Waals surface area contributed by atoms with E-state index in [4.69, 9.17) is 0 Å². The molecule has 2 amide bonds. The van der Waals surface area contributed by atoms with Gasteiger partial charge < -0.3 is 0 Å². The lowest BCUT2D eigenvalue weighted by molar-refractivity contribution is -0.115. The first-order valence-electron chi connectivity index (χ1n) is 5.92. The maximum atomic E-state index is 11.6. The van der Waals surface area contributed by atoms with Crippen molar-refractivity contribution in [1.82, 2.24) is 5.32 Å². The van der Waals surface area contributed by atoms with Crippen LogP contribution in [0.25, 0.3) is 0 Å². The quantitative estimate of drug-likeness (QED) is 0.474. The molecule has 0 aromatic heterocycles. The fourth-order valence-electron chi connectivity index (χ4n) is 1.39. The summed E-state index contributed by atoms with van der Waals surface area (Å²) in [5.41, 5.74) is 0.478. The van der Waals surface area contributed by atoms with Crippen LogP contribution in [0.5, 0.6) is 0 Å². The van der Waals surface area contributed by atoms with Crippen LogP contribution in [0.3, 0.4) is 0 Å². The van der Waals surface area contributed by atoms with E-state index in [0.717, 1.165) is 19.3 Å². The second-order valence-corrected chi connectivity index (χ2v) is 3.81. The van der Waals surface area contributed by atoms with Crippen LogP contribution in [0, 0.1) is 0 Å². The summed E-state index contributed by atoms with van der Waals surface area (Å²) in [5, 5.41) is 2.30. The van der Waals surface area contributed by atoms with Crippen molar-refractivity contribution in [3.05, 3.63) is 60.7 Å². The van der Waals surface area contributed by atoms with Crippen molar-refractivity contribution in [2.24, 2.45) is 0 Å². The molecule has 1 aromatic carbocycles. The molecule has 0 radical (unpaired) electrons. The van der Waals surface area contributed by atoms with Crippen LogP contribution in [0.15, 0.2) is 55.1 Å². The molecule has 18 heavy (non-hydrogen) atoms. The van der Waals surface area contributed by atoms with Gasteiger partial charge in [-0.15, -0.1) is 6.58 Å². The first kappa shape index (κ1) is 13.9. The molecule has 0 spiro atoms. The van der Waals surface area contributed by atoms with E-state index in [1.54, 1.807) is 30.3 Å². The van der Waals surface area contributed by atoms with Gasteiger partial charge in [0, 0.05) is 5.56 Å². The number of rotatable bonds is 6. The van der Waals surface area contributed by atoms with E-state index in [-0.39, 0.29) is 11.8 Å². The molecule has 0 atom stereocenters. The van der Waals surface area contributed by atoms with Gasteiger partial charge in [0.05, 0.1) is 0 Å². The molecule has 0 bridgehead atoms. The second kappa shape index (κ2) is 8.01. The molecule has 1 rings (SSSR count). The lowest BCUT2D eigenvalue weighted by atomic mass is 10.2. The van der Waals surface area contributed by atoms with Crippen molar-refractivity contribution < 1.29 is 9.59 Å². The molecule has 0 aliphatic heterocycles. The van der Waals surface area contributed by atoms with Crippen LogP contribution in [0.4, 0.5) is 0 Å². The molecule has 0 saturated carbocycles. The zero-order valence-electron chi connectivity index (χ0n) is 10.3. The average Bonchev–Trinajstić information content (AvgIpc) is 2.39. The van der Waals surface area contributed by atoms with Crippen molar-refractivity contribution in [2.45, 2.75) is 19.3 Å². The first-order valence-corrected chi connectivity index (χ1v) is 5.92. The van der Waals surface area contributed by atoms with Crippen LogP contribution in [0.2, 0.25) is 0 Å². The Morgan fingerprint density at radius 3 is 2.56 bits per heavy atom. The van der Waals surface area contributed by atoms with E-state index in [0.29, 0.717) is 5.56 Å². The van der Waals surface area contributed by atoms with E-state index in [1.807, 2.05) is 12.1 Å². The zero-order valence-corrected chi connectivity index (χ0v) is 10.3. The van der Waals surface area contributed by atoms with E-state index in [9.17, 15) is 9.59 Å². The Labute approximate surface area is 107 Å². The van der Waals surface area contributed by atoms with Gasteiger partial charge in [-0.25, -0.2) is 0 Å². The Bertz CT molecular complexity index is 435. The minimum atomic E-state index is -0.387. The Morgan fingerprint density at radius 2 is 1.89 bits per heavy atom. The summed E-state index contributed by atoms with van der Waals surface area (Å²) in [4.78, 5) is 23.0. The van der Waals surface area contributed by atoms with Crippen molar-refractivity contribution in [2.75, 3.05) is 0 Å². The summed E-state index contributed by atoms with van der Waals surface area (Å²) < 4.78 is 0. The van der Waals surface area contributed by atoms with Crippen LogP contribution >= 0.6 is 0 Å². The van der Waals surface area contributed by atoms with Gasteiger partial charge in [-0.1, -0.05) is 30.4 Å². The fraction of sp³-hybridized carbons (Fsp3) is 0.200. The van der Waals surface area contributed by atoms with E-state index < -0.39 is 0 Å². The van der Waals surface area contributed by atoms with Gasteiger partial charge in [0.2, 0.25) is 5.91 Å². The molecule has 3 nitrogen and oxygen atoms in total. The largest absolute Gasteiger partial charge is 0.289 e. The van der Waals surface area contributed by atoms with Crippen LogP contribution in [-0.2, 0) is 4.79 Å². The smallest absolute Gasteiger partial charge is 0.258 e. The average molecular weight is 243 g/mol. The zero-order chi connectivity index (χ0) is 13.2. The number of hydrogen-bond donors (Lipinski definition) is 1. The van der Waals surface area contributed by atoms with Crippen molar-refractivity contribution >= 4 is 11.8 Å². The minimum absolute atomic E-state index is 0.378. The highest BCUT2D eigenvalue weighted by atomic mass is 16.2. The molecule has 0 unspecified atom stereocenters. The summed E-state index contributed by atoms with van der Waals surface area (Å²) in [6.07, 6.45) is 7.68. The van der Waals surface area contributed by atoms with Gasteiger partial charge in [0.25, 0.3) is 5.91 Å². The molecule has 0 saturated heterocycles. The topological polar surface area (TPSA) is 46.2 Å². The lowest BCUT2D eigenvalue weighted by Gasteiger charge is -2.00. The summed E-state index contributed by atoms with van der Waals surface area (Å²) in [5.74, 6) is -0.765. The minimum Gasteiger partial charge on any atom is -0.289 e. The van der Waals surface area contributed by atoms with Gasteiger partial charge in [-0.2, -0.15) is 0 Å². The maximum Gasteiger partial charge on any atom is 0.258 e.